The Labute approximate surface area is 796 Å². The van der Waals surface area contributed by atoms with Crippen LogP contribution < -0.4 is 19.6 Å². The van der Waals surface area contributed by atoms with Gasteiger partial charge in [-0.1, -0.05) is 368 Å². The van der Waals surface area contributed by atoms with E-state index in [1.54, 1.807) is 0 Å². The molecule has 2 heterocycles. The molecule has 0 bridgehead atoms. The van der Waals surface area contributed by atoms with E-state index in [1.165, 1.54) is 187 Å². The van der Waals surface area contributed by atoms with Gasteiger partial charge < -0.3 is 19.6 Å². The normalized spacial score (nSPS) is 14.9. The molecule has 0 atom stereocenters. The molecule has 0 spiro atoms. The molecule has 0 radical (unpaired) electrons. The van der Waals surface area contributed by atoms with Crippen molar-refractivity contribution in [3.8, 4) is 97.4 Å². The Morgan fingerprint density at radius 2 is 0.343 bits per heavy atom. The van der Waals surface area contributed by atoms with E-state index in [-0.39, 0.29) is 32.5 Å². The van der Waals surface area contributed by atoms with Crippen LogP contribution in [-0.4, -0.2) is 0 Å². The SMILES string of the molecule is CC1(C)c2ccccc2-c2ccc(N(c3ccc4c(c3)C(C)(C)c3c-4sc4c3C(C)(C)c3cc(N(c5ccccc5)c5ccccc5-c5ccccc5)ccc3-4)c3ccccc3-c3ccccc3)cc21.CC1(C)c2ccccc2-c2ccc(N(c3ccccc3)c3ccc4c(c3)C(C)(C)c3c-4sc4c3C(C)(C)c3cc(N(c5ccccc5)c5ccccc5-c5ccccc5)ccc3-4)cc21. The van der Waals surface area contributed by atoms with Gasteiger partial charge in [0.1, 0.15) is 0 Å². The second-order valence-corrected chi connectivity index (χ2v) is 42.3. The summed E-state index contributed by atoms with van der Waals surface area (Å²) in [4.78, 5) is 15.5. The maximum absolute atomic E-state index is 2.52. The van der Waals surface area contributed by atoms with Gasteiger partial charge in [-0.2, -0.15) is 0 Å². The van der Waals surface area contributed by atoms with Crippen LogP contribution in [-0.2, 0) is 32.5 Å². The highest BCUT2D eigenvalue weighted by molar-refractivity contribution is 7.20. The van der Waals surface area contributed by atoms with Gasteiger partial charge in [0.25, 0.3) is 0 Å². The number of fused-ring (bicyclic) bond motifs is 20. The van der Waals surface area contributed by atoms with Gasteiger partial charge in [-0.15, -0.1) is 22.7 Å². The summed E-state index contributed by atoms with van der Waals surface area (Å²) < 4.78 is 0. The van der Waals surface area contributed by atoms with Gasteiger partial charge in [0.15, 0.2) is 0 Å². The number of hydrogen-bond donors (Lipinski definition) is 0. The molecular formula is C128H104N4S2. The van der Waals surface area contributed by atoms with Crippen LogP contribution in [0.15, 0.2) is 413 Å². The molecule has 134 heavy (non-hydrogen) atoms. The van der Waals surface area contributed by atoms with Gasteiger partial charge in [0.2, 0.25) is 0 Å². The number of rotatable bonds is 15. The second kappa shape index (κ2) is 31.0. The first-order chi connectivity index (χ1) is 65.0. The van der Waals surface area contributed by atoms with Crippen LogP contribution in [0.25, 0.3) is 97.4 Å². The molecule has 0 saturated heterocycles. The molecule has 0 N–H and O–H groups in total. The van der Waals surface area contributed by atoms with Crippen molar-refractivity contribution >= 4 is 90.9 Å². The summed E-state index contributed by atoms with van der Waals surface area (Å²) in [6.45, 7) is 29.2. The van der Waals surface area contributed by atoms with Gasteiger partial charge in [-0.05, 0) is 255 Å². The van der Waals surface area contributed by atoms with E-state index >= 15 is 0 Å². The molecule has 0 amide bonds. The Morgan fingerprint density at radius 1 is 0.149 bits per heavy atom. The van der Waals surface area contributed by atoms with Crippen molar-refractivity contribution < 1.29 is 0 Å². The zero-order valence-electron chi connectivity index (χ0n) is 77.9. The first-order valence-electron chi connectivity index (χ1n) is 47.3. The first kappa shape index (κ1) is 82.5. The molecule has 2 aromatic heterocycles. The number of benzene rings is 17. The molecule has 0 fully saturated rings. The van der Waals surface area contributed by atoms with Crippen LogP contribution in [0.4, 0.5) is 68.2 Å². The zero-order chi connectivity index (χ0) is 91.1. The number of thiophene rings is 2. The lowest BCUT2D eigenvalue weighted by Crippen LogP contribution is -2.23. The van der Waals surface area contributed by atoms with E-state index in [4.69, 9.17) is 0 Å². The highest BCUT2D eigenvalue weighted by atomic mass is 32.1. The van der Waals surface area contributed by atoms with Crippen LogP contribution in [0, 0.1) is 0 Å². The summed E-state index contributed by atoms with van der Waals surface area (Å²) in [5, 5.41) is 0. The largest absolute Gasteiger partial charge is 0.310 e. The van der Waals surface area contributed by atoms with Gasteiger partial charge in [-0.25, -0.2) is 0 Å². The average Bonchev–Trinajstić information content (AvgIpc) is 1.52. The maximum atomic E-state index is 2.52. The third-order valence-electron chi connectivity index (χ3n) is 30.4. The standard InChI is InChI=1S/C67H54N2S.C61H50N2S/c1-65(2)55-31-19-16-30-51(55)52-37-34-47(40-56(52)65)69(60-33-21-18-29-50(60)44-24-12-8-13-25-44)48-36-39-54-58(42-48)67(5,6)62-61-63(70-64(54)62)53-38-35-46(41-57(53)66(61,3)4)68(45-26-14-9-15-27-45)59-32-20-17-28-49(59)43-22-10-7-11-23-43;1-59(2)50-28-18-16-27-46(50)47-33-30-42(36-51(47)59)62(40-22-12-8-13-23-40)43-31-34-48-52(37-43)60(3,4)55-56-58(64-57(48)55)49-35-32-44(38-53(49)61(56,5)6)63(41-24-14-9-15-25-41)54-29-19-17-26-45(54)39-20-10-7-11-21-39/h7-42H,1-6H3;7-38H,1-6H3. The molecule has 6 heteroatoms. The van der Waals surface area contributed by atoms with Crippen LogP contribution in [0.1, 0.15) is 150 Å². The lowest BCUT2D eigenvalue weighted by Gasteiger charge is -2.32. The summed E-state index contributed by atoms with van der Waals surface area (Å²) in [5.41, 5.74) is 47.8. The zero-order valence-corrected chi connectivity index (χ0v) is 79.5. The molecule has 19 aromatic rings. The monoisotopic (exact) mass is 1760 g/mol. The summed E-state index contributed by atoms with van der Waals surface area (Å²) in [6, 6.07) is 153. The average molecular weight is 1760 g/mol. The minimum absolute atomic E-state index is 0.0868. The molecule has 6 aliphatic rings. The van der Waals surface area contributed by atoms with Gasteiger partial charge >= 0.3 is 0 Å². The molecular weight excluding hydrogens is 1660 g/mol. The fraction of sp³-hybridized carbons (Fsp3) is 0.141. The Hall–Kier alpha value is -14.7. The minimum Gasteiger partial charge on any atom is -0.310 e. The summed E-state index contributed by atoms with van der Waals surface area (Å²) in [6.07, 6.45) is 0. The predicted octanol–water partition coefficient (Wildman–Crippen LogP) is 36.2. The highest BCUT2D eigenvalue weighted by Crippen LogP contribution is 2.68. The third-order valence-corrected chi connectivity index (χ3v) is 32.9. The smallest absolute Gasteiger partial charge is 0.0540 e. The number of para-hydroxylation sites is 6. The van der Waals surface area contributed by atoms with Crippen molar-refractivity contribution in [1.29, 1.82) is 0 Å². The molecule has 648 valence electrons. The molecule has 0 saturated carbocycles. The van der Waals surface area contributed by atoms with E-state index in [2.05, 4.69) is 515 Å². The summed E-state index contributed by atoms with van der Waals surface area (Å²) in [7, 11) is 0. The van der Waals surface area contributed by atoms with Crippen molar-refractivity contribution in [3.63, 3.8) is 0 Å². The van der Waals surface area contributed by atoms with E-state index in [0.717, 1.165) is 45.5 Å². The predicted molar refractivity (Wildman–Crippen MR) is 569 cm³/mol. The first-order valence-corrected chi connectivity index (χ1v) is 48.9. The molecule has 6 aliphatic carbocycles. The Bertz CT molecular complexity index is 7920. The molecule has 0 unspecified atom stereocenters. The lowest BCUT2D eigenvalue weighted by atomic mass is 9.74. The molecule has 17 aromatic carbocycles. The van der Waals surface area contributed by atoms with E-state index < -0.39 is 0 Å². The lowest BCUT2D eigenvalue weighted by molar-refractivity contribution is 0.603. The third kappa shape index (κ3) is 12.6. The van der Waals surface area contributed by atoms with Gasteiger partial charge in [-0.3, -0.25) is 0 Å². The number of anilines is 12. The van der Waals surface area contributed by atoms with E-state index in [9.17, 15) is 0 Å². The molecule has 25 rings (SSSR count). The van der Waals surface area contributed by atoms with Gasteiger partial charge in [0, 0.05) is 120 Å². The van der Waals surface area contributed by atoms with Crippen LogP contribution in [0.5, 0.6) is 0 Å². The van der Waals surface area contributed by atoms with E-state index in [1.807, 2.05) is 22.7 Å². The Morgan fingerprint density at radius 3 is 0.619 bits per heavy atom. The number of nitrogens with zero attached hydrogens (tertiary/aromatic N) is 4. The number of hydrogen-bond acceptors (Lipinski definition) is 6. The fourth-order valence-corrected chi connectivity index (χ4v) is 27.2. The van der Waals surface area contributed by atoms with Gasteiger partial charge in [0.05, 0.1) is 17.1 Å². The summed E-state index contributed by atoms with van der Waals surface area (Å²) >= 11 is 3.99. The van der Waals surface area contributed by atoms with Crippen LogP contribution in [0.2, 0.25) is 0 Å². The Kier molecular flexibility index (Phi) is 19.1. The van der Waals surface area contributed by atoms with Crippen molar-refractivity contribution in [1.82, 2.24) is 0 Å². The van der Waals surface area contributed by atoms with Crippen molar-refractivity contribution in [2.24, 2.45) is 0 Å². The minimum atomic E-state index is -0.246. The fourth-order valence-electron chi connectivity index (χ4n) is 23.8. The second-order valence-electron chi connectivity index (χ2n) is 40.2. The highest BCUT2D eigenvalue weighted by Gasteiger charge is 2.52. The maximum Gasteiger partial charge on any atom is 0.0540 e. The van der Waals surface area contributed by atoms with Crippen LogP contribution >= 0.6 is 22.7 Å². The summed E-state index contributed by atoms with van der Waals surface area (Å²) in [5.74, 6) is 0. The molecule has 0 aliphatic heterocycles. The molecule has 4 nitrogen and oxygen atoms in total. The van der Waals surface area contributed by atoms with Crippen molar-refractivity contribution in [2.45, 2.75) is 116 Å². The quantitative estimate of drug-likeness (QED) is 0.101. The van der Waals surface area contributed by atoms with Crippen molar-refractivity contribution in [3.05, 3.63) is 479 Å². The Balaban J connectivity index is 0.000000148. The van der Waals surface area contributed by atoms with Crippen molar-refractivity contribution in [2.75, 3.05) is 19.6 Å². The van der Waals surface area contributed by atoms with Crippen LogP contribution in [0.3, 0.4) is 0 Å². The topological polar surface area (TPSA) is 13.0 Å². The van der Waals surface area contributed by atoms with E-state index in [0.29, 0.717) is 0 Å².